The quantitative estimate of drug-likeness (QED) is 0.798. The topological polar surface area (TPSA) is 12.0 Å². The molecule has 0 radical (unpaired) electrons. The highest BCUT2D eigenvalue weighted by Crippen LogP contribution is 2.16. The summed E-state index contributed by atoms with van der Waals surface area (Å²) in [5.74, 6) is -0.131. The molecule has 0 aliphatic carbocycles. The van der Waals surface area contributed by atoms with Crippen LogP contribution in [0.15, 0.2) is 48.5 Å². The van der Waals surface area contributed by atoms with Crippen LogP contribution in [0.1, 0.15) is 12.5 Å². The fourth-order valence-corrected chi connectivity index (χ4v) is 2.45. The van der Waals surface area contributed by atoms with Gasteiger partial charge in [-0.15, -0.1) is 0 Å². The van der Waals surface area contributed by atoms with Gasteiger partial charge in [0.05, 0.1) is 0 Å². The maximum atomic E-state index is 13.5. The van der Waals surface area contributed by atoms with Gasteiger partial charge in [0.25, 0.3) is 0 Å². The van der Waals surface area contributed by atoms with Crippen molar-refractivity contribution in [3.8, 4) is 0 Å². The van der Waals surface area contributed by atoms with Crippen LogP contribution in [0, 0.1) is 9.39 Å². The monoisotopic (exact) mass is 355 g/mol. The minimum Gasteiger partial charge on any atom is -0.382 e. The summed E-state index contributed by atoms with van der Waals surface area (Å²) in [4.78, 5) is 0. The van der Waals surface area contributed by atoms with E-state index in [1.165, 1.54) is 9.64 Å². The maximum absolute atomic E-state index is 13.5. The number of hydrogen-bond donors (Lipinski definition) is 1. The molecule has 0 saturated carbocycles. The highest BCUT2D eigenvalue weighted by Gasteiger charge is 2.07. The van der Waals surface area contributed by atoms with E-state index in [1.807, 2.05) is 30.3 Å². The van der Waals surface area contributed by atoms with Gasteiger partial charge in [-0.25, -0.2) is 4.39 Å². The Hall–Kier alpha value is -1.10. The van der Waals surface area contributed by atoms with Gasteiger partial charge in [0.1, 0.15) is 5.82 Å². The molecule has 0 spiro atoms. The molecule has 0 amide bonds. The third-order valence-electron chi connectivity index (χ3n) is 2.72. The lowest BCUT2D eigenvalue weighted by Gasteiger charge is -2.16. The van der Waals surface area contributed by atoms with Crippen molar-refractivity contribution in [3.63, 3.8) is 0 Å². The Morgan fingerprint density at radius 2 is 1.94 bits per heavy atom. The van der Waals surface area contributed by atoms with Gasteiger partial charge in [-0.2, -0.15) is 0 Å². The normalized spacial score (nSPS) is 12.2. The number of anilines is 1. The van der Waals surface area contributed by atoms with Gasteiger partial charge in [-0.3, -0.25) is 0 Å². The summed E-state index contributed by atoms with van der Waals surface area (Å²) >= 11 is 2.28. The summed E-state index contributed by atoms with van der Waals surface area (Å²) < 4.78 is 14.7. The molecule has 0 bridgehead atoms. The number of benzene rings is 2. The molecule has 1 nitrogen and oxygen atoms in total. The summed E-state index contributed by atoms with van der Waals surface area (Å²) in [6.45, 7) is 2.06. The lowest BCUT2D eigenvalue weighted by Crippen LogP contribution is -2.18. The molecule has 3 heteroatoms. The molecule has 2 aromatic carbocycles. The van der Waals surface area contributed by atoms with Crippen LogP contribution in [0.3, 0.4) is 0 Å². The van der Waals surface area contributed by atoms with E-state index in [4.69, 9.17) is 0 Å². The Morgan fingerprint density at radius 1 is 1.17 bits per heavy atom. The molecule has 94 valence electrons. The minimum atomic E-state index is -0.131. The lowest BCUT2D eigenvalue weighted by atomic mass is 10.1. The Bertz CT molecular complexity index is 527. The average Bonchev–Trinajstić information content (AvgIpc) is 2.32. The van der Waals surface area contributed by atoms with Gasteiger partial charge in [0.15, 0.2) is 0 Å². The first kappa shape index (κ1) is 13.3. The smallest absolute Gasteiger partial charge is 0.126 e. The van der Waals surface area contributed by atoms with Crippen molar-refractivity contribution in [2.45, 2.75) is 19.4 Å². The van der Waals surface area contributed by atoms with E-state index in [1.54, 1.807) is 6.07 Å². The van der Waals surface area contributed by atoms with Crippen LogP contribution in [0.5, 0.6) is 0 Å². The highest BCUT2D eigenvalue weighted by molar-refractivity contribution is 14.1. The van der Waals surface area contributed by atoms with Gasteiger partial charge >= 0.3 is 0 Å². The molecule has 0 saturated heterocycles. The van der Waals surface area contributed by atoms with E-state index in [-0.39, 0.29) is 11.9 Å². The maximum Gasteiger partial charge on any atom is 0.126 e. The van der Waals surface area contributed by atoms with Gasteiger partial charge in [0, 0.05) is 15.3 Å². The zero-order valence-corrected chi connectivity index (χ0v) is 12.3. The van der Waals surface area contributed by atoms with E-state index in [0.717, 1.165) is 11.3 Å². The number of rotatable bonds is 4. The van der Waals surface area contributed by atoms with Crippen molar-refractivity contribution in [3.05, 3.63) is 63.5 Å². The molecular formula is C15H15FIN. The fraction of sp³-hybridized carbons (Fsp3) is 0.200. The van der Waals surface area contributed by atoms with Crippen LogP contribution >= 0.6 is 22.6 Å². The molecule has 0 fully saturated rings. The Labute approximate surface area is 121 Å². The van der Waals surface area contributed by atoms with Crippen LogP contribution in [-0.4, -0.2) is 6.04 Å². The standard InChI is InChI=1S/C15H15FIN/c1-11(9-12-5-2-3-8-15(12)16)18-14-7-4-6-13(17)10-14/h2-8,10-11,18H,9H2,1H3. The first-order chi connectivity index (χ1) is 8.65. The highest BCUT2D eigenvalue weighted by atomic mass is 127. The summed E-state index contributed by atoms with van der Waals surface area (Å²) in [6.07, 6.45) is 0.679. The number of hydrogen-bond acceptors (Lipinski definition) is 1. The van der Waals surface area contributed by atoms with Crippen molar-refractivity contribution < 1.29 is 4.39 Å². The van der Waals surface area contributed by atoms with Crippen LogP contribution in [0.4, 0.5) is 10.1 Å². The number of nitrogens with one attached hydrogen (secondary N) is 1. The Balaban J connectivity index is 2.01. The van der Waals surface area contributed by atoms with Crippen molar-refractivity contribution in [2.75, 3.05) is 5.32 Å². The Morgan fingerprint density at radius 3 is 2.67 bits per heavy atom. The summed E-state index contributed by atoms with van der Waals surface area (Å²) in [5, 5.41) is 3.39. The fourth-order valence-electron chi connectivity index (χ4n) is 1.91. The van der Waals surface area contributed by atoms with E-state index in [2.05, 4.69) is 40.9 Å². The molecule has 1 unspecified atom stereocenters. The summed E-state index contributed by atoms with van der Waals surface area (Å²) in [7, 11) is 0. The molecule has 1 N–H and O–H groups in total. The molecule has 0 aromatic heterocycles. The second-order valence-corrected chi connectivity index (χ2v) is 5.60. The molecule has 0 heterocycles. The van der Waals surface area contributed by atoms with E-state index in [9.17, 15) is 4.39 Å². The van der Waals surface area contributed by atoms with Crippen LogP contribution < -0.4 is 5.32 Å². The molecular weight excluding hydrogens is 340 g/mol. The van der Waals surface area contributed by atoms with Crippen molar-refractivity contribution in [1.82, 2.24) is 0 Å². The predicted octanol–water partition coefficient (Wildman–Crippen LogP) is 4.47. The Kier molecular flexibility index (Phi) is 4.58. The first-order valence-electron chi connectivity index (χ1n) is 5.90. The second kappa shape index (κ2) is 6.18. The third-order valence-corrected chi connectivity index (χ3v) is 3.39. The van der Waals surface area contributed by atoms with E-state index < -0.39 is 0 Å². The molecule has 2 aromatic rings. The zero-order valence-electron chi connectivity index (χ0n) is 10.2. The number of halogens is 2. The predicted molar refractivity (Wildman–Crippen MR) is 82.3 cm³/mol. The van der Waals surface area contributed by atoms with Gasteiger partial charge in [-0.05, 0) is 65.8 Å². The van der Waals surface area contributed by atoms with Gasteiger partial charge in [0.2, 0.25) is 0 Å². The first-order valence-corrected chi connectivity index (χ1v) is 6.98. The van der Waals surface area contributed by atoms with Crippen molar-refractivity contribution in [1.29, 1.82) is 0 Å². The molecule has 0 aliphatic rings. The minimum absolute atomic E-state index is 0.131. The van der Waals surface area contributed by atoms with Crippen molar-refractivity contribution in [2.24, 2.45) is 0 Å². The third kappa shape index (κ3) is 3.70. The molecule has 0 aliphatic heterocycles. The van der Waals surface area contributed by atoms with Crippen LogP contribution in [0.25, 0.3) is 0 Å². The largest absolute Gasteiger partial charge is 0.382 e. The summed E-state index contributed by atoms with van der Waals surface area (Å²) in [6, 6.07) is 15.3. The average molecular weight is 355 g/mol. The van der Waals surface area contributed by atoms with Crippen molar-refractivity contribution >= 4 is 28.3 Å². The van der Waals surface area contributed by atoms with E-state index >= 15 is 0 Å². The molecule has 1 atom stereocenters. The molecule has 18 heavy (non-hydrogen) atoms. The second-order valence-electron chi connectivity index (χ2n) is 4.35. The van der Waals surface area contributed by atoms with Crippen LogP contribution in [0.2, 0.25) is 0 Å². The molecule has 2 rings (SSSR count). The van der Waals surface area contributed by atoms with Gasteiger partial charge < -0.3 is 5.32 Å². The van der Waals surface area contributed by atoms with Crippen LogP contribution in [-0.2, 0) is 6.42 Å². The van der Waals surface area contributed by atoms with Gasteiger partial charge in [-0.1, -0.05) is 24.3 Å². The summed E-state index contributed by atoms with van der Waals surface area (Å²) in [5.41, 5.74) is 1.83. The zero-order chi connectivity index (χ0) is 13.0. The lowest BCUT2D eigenvalue weighted by molar-refractivity contribution is 0.601. The SMILES string of the molecule is CC(Cc1ccccc1F)Nc1cccc(I)c1. The van der Waals surface area contributed by atoms with E-state index in [0.29, 0.717) is 6.42 Å².